The molecule has 0 saturated carbocycles. The highest BCUT2D eigenvalue weighted by molar-refractivity contribution is 6.60. The predicted octanol–water partition coefficient (Wildman–Crippen LogP) is 2.18. The Balaban J connectivity index is 1.65. The first-order valence-electron chi connectivity index (χ1n) is 9.34. The number of hydrogen-bond acceptors (Lipinski definition) is 5. The maximum absolute atomic E-state index is 12.1. The first-order valence-corrected chi connectivity index (χ1v) is 9.34. The minimum absolute atomic E-state index is 0.0185. The highest BCUT2D eigenvalue weighted by atomic mass is 16.5. The molecule has 0 aromatic heterocycles. The first kappa shape index (κ1) is 20.5. The fraction of sp³-hybridized carbons (Fsp3) is 0.130. The predicted molar refractivity (Wildman–Crippen MR) is 115 cm³/mol. The summed E-state index contributed by atoms with van der Waals surface area (Å²) in [4.78, 5) is 16.3. The molecule has 6 heteroatoms. The van der Waals surface area contributed by atoms with E-state index in [0.29, 0.717) is 29.8 Å². The lowest BCUT2D eigenvalue weighted by Gasteiger charge is -2.10. The van der Waals surface area contributed by atoms with Crippen LogP contribution in [0.1, 0.15) is 16.7 Å². The number of nitrogens with zero attached hydrogens (tertiary/aromatic N) is 1. The summed E-state index contributed by atoms with van der Waals surface area (Å²) in [5.41, 5.74) is 2.77. The van der Waals surface area contributed by atoms with Crippen LogP contribution in [0.15, 0.2) is 83.9 Å². The lowest BCUT2D eigenvalue weighted by molar-refractivity contribution is -0.117. The molecule has 0 amide bonds. The second kappa shape index (κ2) is 10.4. The van der Waals surface area contributed by atoms with Gasteiger partial charge in [-0.1, -0.05) is 66.7 Å². The van der Waals surface area contributed by atoms with Crippen molar-refractivity contribution in [2.24, 2.45) is 4.99 Å². The fourth-order valence-corrected chi connectivity index (χ4v) is 2.86. The van der Waals surface area contributed by atoms with E-state index in [1.165, 1.54) is 6.21 Å². The number of ether oxygens (including phenoxy) is 1. The molecule has 0 aliphatic rings. The number of hydrogen-bond donors (Lipinski definition) is 2. The standard InChI is InChI=1S/C23H22BNO4/c26-21(13-18-7-3-1-4-8-18)16-25-15-20-14-22(11-12-23(20)24(27)28)29-17-19-9-5-2-6-10-19/h1-12,14-15,27-28H,13,16-17H2. The largest absolute Gasteiger partial charge is 0.489 e. The highest BCUT2D eigenvalue weighted by Gasteiger charge is 2.16. The molecule has 3 aromatic rings. The molecule has 0 fully saturated rings. The molecule has 0 aliphatic carbocycles. The van der Waals surface area contributed by atoms with E-state index in [1.807, 2.05) is 60.7 Å². The van der Waals surface area contributed by atoms with Crippen LogP contribution in [-0.4, -0.2) is 35.7 Å². The maximum Gasteiger partial charge on any atom is 0.489 e. The minimum atomic E-state index is -1.64. The smallest absolute Gasteiger partial charge is 0.489 e. The minimum Gasteiger partial charge on any atom is -0.489 e. The summed E-state index contributed by atoms with van der Waals surface area (Å²) in [5, 5.41) is 19.2. The zero-order valence-electron chi connectivity index (χ0n) is 15.9. The molecule has 0 heterocycles. The van der Waals surface area contributed by atoms with Gasteiger partial charge in [0.15, 0.2) is 5.78 Å². The Morgan fingerprint density at radius 3 is 2.24 bits per heavy atom. The molecule has 146 valence electrons. The summed E-state index contributed by atoms with van der Waals surface area (Å²) in [6, 6.07) is 24.2. The molecule has 29 heavy (non-hydrogen) atoms. The van der Waals surface area contributed by atoms with Gasteiger partial charge in [-0.05, 0) is 34.3 Å². The lowest BCUT2D eigenvalue weighted by Crippen LogP contribution is -2.33. The van der Waals surface area contributed by atoms with Crippen molar-refractivity contribution in [3.63, 3.8) is 0 Å². The van der Waals surface area contributed by atoms with E-state index >= 15 is 0 Å². The van der Waals surface area contributed by atoms with Gasteiger partial charge in [-0.15, -0.1) is 0 Å². The summed E-state index contributed by atoms with van der Waals surface area (Å²) in [6.45, 7) is 0.416. The van der Waals surface area contributed by atoms with Gasteiger partial charge in [-0.3, -0.25) is 9.79 Å². The van der Waals surface area contributed by atoms with Gasteiger partial charge in [0, 0.05) is 12.6 Å². The quantitative estimate of drug-likeness (QED) is 0.436. The molecule has 0 unspecified atom stereocenters. The van der Waals surface area contributed by atoms with Crippen molar-refractivity contribution < 1.29 is 19.6 Å². The lowest BCUT2D eigenvalue weighted by atomic mass is 9.77. The van der Waals surface area contributed by atoms with Gasteiger partial charge in [0.25, 0.3) is 0 Å². The molecule has 0 bridgehead atoms. The van der Waals surface area contributed by atoms with Crippen LogP contribution in [0.5, 0.6) is 5.75 Å². The number of benzene rings is 3. The van der Waals surface area contributed by atoms with Crippen LogP contribution in [-0.2, 0) is 17.8 Å². The van der Waals surface area contributed by atoms with E-state index in [4.69, 9.17) is 4.74 Å². The van der Waals surface area contributed by atoms with Crippen molar-refractivity contribution in [3.8, 4) is 5.75 Å². The van der Waals surface area contributed by atoms with Crippen LogP contribution >= 0.6 is 0 Å². The van der Waals surface area contributed by atoms with Gasteiger partial charge in [-0.25, -0.2) is 0 Å². The number of rotatable bonds is 9. The normalized spacial score (nSPS) is 10.8. The van der Waals surface area contributed by atoms with Gasteiger partial charge in [0.1, 0.15) is 12.4 Å². The fourth-order valence-electron chi connectivity index (χ4n) is 2.86. The molecule has 0 spiro atoms. The van der Waals surface area contributed by atoms with E-state index in [-0.39, 0.29) is 12.3 Å². The Bertz CT molecular complexity index is 959. The van der Waals surface area contributed by atoms with E-state index in [1.54, 1.807) is 18.2 Å². The Kier molecular flexibility index (Phi) is 7.33. The van der Waals surface area contributed by atoms with Crippen molar-refractivity contribution in [2.75, 3.05) is 6.54 Å². The zero-order valence-corrected chi connectivity index (χ0v) is 15.9. The zero-order chi connectivity index (χ0) is 20.5. The van der Waals surface area contributed by atoms with E-state index in [0.717, 1.165) is 11.1 Å². The molecule has 0 aliphatic heterocycles. The molecule has 0 radical (unpaired) electrons. The van der Waals surface area contributed by atoms with Crippen molar-refractivity contribution in [1.82, 2.24) is 0 Å². The van der Waals surface area contributed by atoms with Crippen molar-refractivity contribution in [1.29, 1.82) is 0 Å². The van der Waals surface area contributed by atoms with E-state index < -0.39 is 7.12 Å². The van der Waals surface area contributed by atoms with E-state index in [9.17, 15) is 14.8 Å². The monoisotopic (exact) mass is 387 g/mol. The Labute approximate surface area is 170 Å². The summed E-state index contributed by atoms with van der Waals surface area (Å²) in [7, 11) is -1.64. The molecular weight excluding hydrogens is 365 g/mol. The Hall–Kier alpha value is -3.22. The van der Waals surface area contributed by atoms with Crippen LogP contribution in [0.2, 0.25) is 0 Å². The number of carbonyl (C=O) groups excluding carboxylic acids is 1. The summed E-state index contributed by atoms with van der Waals surface area (Å²) in [6.07, 6.45) is 1.79. The maximum atomic E-state index is 12.1. The van der Waals surface area contributed by atoms with Gasteiger partial charge >= 0.3 is 7.12 Å². The van der Waals surface area contributed by atoms with Crippen LogP contribution in [0.4, 0.5) is 0 Å². The van der Waals surface area contributed by atoms with Crippen LogP contribution in [0, 0.1) is 0 Å². The third-order valence-electron chi connectivity index (χ3n) is 4.33. The van der Waals surface area contributed by atoms with Gasteiger partial charge in [0.2, 0.25) is 0 Å². The third kappa shape index (κ3) is 6.42. The Morgan fingerprint density at radius 1 is 0.931 bits per heavy atom. The SMILES string of the molecule is O=C(CN=Cc1cc(OCc2ccccc2)ccc1B(O)O)Cc1ccccc1. The molecule has 3 aromatic carbocycles. The number of carbonyl (C=O) groups is 1. The molecule has 0 atom stereocenters. The van der Waals surface area contributed by atoms with Gasteiger partial charge in [0.05, 0.1) is 6.54 Å². The average Bonchev–Trinajstić information content (AvgIpc) is 2.73. The van der Waals surface area contributed by atoms with E-state index in [2.05, 4.69) is 4.99 Å². The second-order valence-electron chi connectivity index (χ2n) is 6.61. The van der Waals surface area contributed by atoms with Crippen molar-refractivity contribution >= 4 is 24.6 Å². The number of aliphatic imine (C=N–C) groups is 1. The molecular formula is C23H22BNO4. The first-order chi connectivity index (χ1) is 14.1. The highest BCUT2D eigenvalue weighted by Crippen LogP contribution is 2.14. The molecule has 3 rings (SSSR count). The van der Waals surface area contributed by atoms with Crippen LogP contribution in [0.3, 0.4) is 0 Å². The third-order valence-corrected chi connectivity index (χ3v) is 4.33. The summed E-state index contributed by atoms with van der Waals surface area (Å²) in [5.74, 6) is 0.561. The summed E-state index contributed by atoms with van der Waals surface area (Å²) >= 11 is 0. The molecule has 2 N–H and O–H groups in total. The number of Topliss-reactive ketones (excluding diaryl/α,β-unsaturated/α-hetero) is 1. The van der Waals surface area contributed by atoms with Crippen molar-refractivity contribution in [3.05, 3.63) is 95.6 Å². The number of ketones is 1. The molecule has 5 nitrogen and oxygen atoms in total. The van der Waals surface area contributed by atoms with Crippen molar-refractivity contribution in [2.45, 2.75) is 13.0 Å². The van der Waals surface area contributed by atoms with Crippen LogP contribution in [0.25, 0.3) is 0 Å². The van der Waals surface area contributed by atoms with Gasteiger partial charge in [-0.2, -0.15) is 0 Å². The average molecular weight is 387 g/mol. The second-order valence-corrected chi connectivity index (χ2v) is 6.61. The van der Waals surface area contributed by atoms with Crippen LogP contribution < -0.4 is 10.2 Å². The molecule has 0 saturated heterocycles. The summed E-state index contributed by atoms with van der Waals surface area (Å²) < 4.78 is 5.78. The van der Waals surface area contributed by atoms with Gasteiger partial charge < -0.3 is 14.8 Å². The topological polar surface area (TPSA) is 79.1 Å². The Morgan fingerprint density at radius 2 is 1.59 bits per heavy atom.